The Labute approximate surface area is 118 Å². The largest absolute Gasteiger partial charge is 0.314 e. The Hall–Kier alpha value is -0.410. The van der Waals surface area contributed by atoms with Crippen molar-refractivity contribution in [3.63, 3.8) is 0 Å². The van der Waals surface area contributed by atoms with Crippen LogP contribution < -0.4 is 5.32 Å². The van der Waals surface area contributed by atoms with Crippen LogP contribution in [0.1, 0.15) is 39.2 Å². The van der Waals surface area contributed by atoms with Gasteiger partial charge in [-0.3, -0.25) is 0 Å². The van der Waals surface area contributed by atoms with Crippen molar-refractivity contribution in [2.24, 2.45) is 5.92 Å². The molecule has 0 aliphatic rings. The summed E-state index contributed by atoms with van der Waals surface area (Å²) in [4.78, 5) is 0. The van der Waals surface area contributed by atoms with E-state index in [0.29, 0.717) is 16.4 Å². The quantitative estimate of drug-likeness (QED) is 0.778. The van der Waals surface area contributed by atoms with Crippen molar-refractivity contribution in [1.82, 2.24) is 5.32 Å². The topological polar surface area (TPSA) is 12.0 Å². The normalized spacial score (nSPS) is 14.5. The van der Waals surface area contributed by atoms with E-state index in [-0.39, 0.29) is 5.82 Å². The summed E-state index contributed by atoms with van der Waals surface area (Å²) in [6.45, 7) is 7.61. The van der Waals surface area contributed by atoms with Gasteiger partial charge < -0.3 is 5.32 Å². The second-order valence-corrected chi connectivity index (χ2v) is 5.74. The van der Waals surface area contributed by atoms with Crippen molar-refractivity contribution in [3.05, 3.63) is 34.1 Å². The Morgan fingerprint density at radius 3 is 2.61 bits per heavy atom. The molecule has 1 aromatic rings. The van der Waals surface area contributed by atoms with E-state index in [1.165, 1.54) is 24.5 Å². The predicted molar refractivity (Wildman–Crippen MR) is 79.3 cm³/mol. The third-order valence-corrected chi connectivity index (χ3v) is 3.94. The smallest absolute Gasteiger partial charge is 0.137 e. The summed E-state index contributed by atoms with van der Waals surface area (Å²) in [6, 6.07) is 5.77. The number of rotatable bonds is 7. The molecule has 0 amide bonds. The van der Waals surface area contributed by atoms with Crippen molar-refractivity contribution >= 4 is 15.9 Å². The number of hydrogen-bond acceptors (Lipinski definition) is 1. The standard InChI is InChI=1S/C15H23BrFN/c1-4-6-11(3)15(18-5-2)10-12-7-8-14(17)13(16)9-12/h7-9,11,15,18H,4-6,10H2,1-3H3. The molecule has 0 aliphatic carbocycles. The molecule has 0 radical (unpaired) electrons. The molecule has 0 aromatic heterocycles. The van der Waals surface area contributed by atoms with E-state index in [2.05, 4.69) is 42.0 Å². The number of benzene rings is 1. The van der Waals surface area contributed by atoms with E-state index in [1.807, 2.05) is 12.1 Å². The molecule has 0 aliphatic heterocycles. The average Bonchev–Trinajstić information content (AvgIpc) is 2.33. The summed E-state index contributed by atoms with van der Waals surface area (Å²) in [7, 11) is 0. The zero-order valence-corrected chi connectivity index (χ0v) is 13.1. The molecule has 1 rings (SSSR count). The molecule has 0 fully saturated rings. The number of halogens is 2. The van der Waals surface area contributed by atoms with Crippen molar-refractivity contribution in [2.75, 3.05) is 6.54 Å². The molecular weight excluding hydrogens is 293 g/mol. The molecule has 0 bridgehead atoms. The van der Waals surface area contributed by atoms with Crippen LogP contribution in [0.25, 0.3) is 0 Å². The van der Waals surface area contributed by atoms with E-state index < -0.39 is 0 Å². The molecule has 102 valence electrons. The lowest BCUT2D eigenvalue weighted by Crippen LogP contribution is -2.36. The van der Waals surface area contributed by atoms with Crippen LogP contribution >= 0.6 is 15.9 Å². The number of hydrogen-bond donors (Lipinski definition) is 1. The number of nitrogens with one attached hydrogen (secondary N) is 1. The fraction of sp³-hybridized carbons (Fsp3) is 0.600. The lowest BCUT2D eigenvalue weighted by Gasteiger charge is -2.25. The molecule has 1 nitrogen and oxygen atoms in total. The van der Waals surface area contributed by atoms with Gasteiger partial charge in [-0.1, -0.05) is 33.3 Å². The van der Waals surface area contributed by atoms with Gasteiger partial charge in [-0.2, -0.15) is 0 Å². The van der Waals surface area contributed by atoms with E-state index >= 15 is 0 Å². The minimum absolute atomic E-state index is 0.194. The van der Waals surface area contributed by atoms with Crippen molar-refractivity contribution in [3.8, 4) is 0 Å². The summed E-state index contributed by atoms with van der Waals surface area (Å²) in [5.41, 5.74) is 1.18. The van der Waals surface area contributed by atoms with Gasteiger partial charge >= 0.3 is 0 Å². The monoisotopic (exact) mass is 315 g/mol. The molecule has 0 spiro atoms. The van der Waals surface area contributed by atoms with E-state index in [1.54, 1.807) is 0 Å². The van der Waals surface area contributed by atoms with Gasteiger partial charge in [-0.15, -0.1) is 0 Å². The molecule has 1 N–H and O–H groups in total. The molecule has 2 unspecified atom stereocenters. The molecule has 0 heterocycles. The van der Waals surface area contributed by atoms with E-state index in [9.17, 15) is 4.39 Å². The SMILES string of the molecule is CCCC(C)C(Cc1ccc(F)c(Br)c1)NCC. The van der Waals surface area contributed by atoms with Gasteiger partial charge in [0.05, 0.1) is 4.47 Å². The van der Waals surface area contributed by atoms with E-state index in [0.717, 1.165) is 13.0 Å². The van der Waals surface area contributed by atoms with Crippen LogP contribution in [-0.4, -0.2) is 12.6 Å². The van der Waals surface area contributed by atoms with Gasteiger partial charge in [0.2, 0.25) is 0 Å². The Balaban J connectivity index is 2.72. The molecular formula is C15H23BrFN. The van der Waals surface area contributed by atoms with Gasteiger partial charge in [-0.25, -0.2) is 4.39 Å². The molecule has 18 heavy (non-hydrogen) atoms. The zero-order chi connectivity index (χ0) is 13.5. The van der Waals surface area contributed by atoms with Gasteiger partial charge in [0.25, 0.3) is 0 Å². The highest BCUT2D eigenvalue weighted by atomic mass is 79.9. The van der Waals surface area contributed by atoms with Gasteiger partial charge in [0, 0.05) is 6.04 Å². The minimum atomic E-state index is -0.194. The lowest BCUT2D eigenvalue weighted by atomic mass is 9.91. The van der Waals surface area contributed by atoms with Crippen LogP contribution in [0.4, 0.5) is 4.39 Å². The maximum Gasteiger partial charge on any atom is 0.137 e. The first-order valence-corrected chi connectivity index (χ1v) is 7.55. The van der Waals surface area contributed by atoms with Gasteiger partial charge in [0.15, 0.2) is 0 Å². The molecule has 1 aromatic carbocycles. The van der Waals surface area contributed by atoms with E-state index in [4.69, 9.17) is 0 Å². The first-order valence-electron chi connectivity index (χ1n) is 6.75. The highest BCUT2D eigenvalue weighted by Gasteiger charge is 2.16. The number of likely N-dealkylation sites (N-methyl/N-ethyl adjacent to an activating group) is 1. The highest BCUT2D eigenvalue weighted by molar-refractivity contribution is 9.10. The Kier molecular flexibility index (Phi) is 6.87. The van der Waals surface area contributed by atoms with Gasteiger partial charge in [0.1, 0.15) is 5.82 Å². The summed E-state index contributed by atoms with van der Waals surface area (Å²) in [5.74, 6) is 0.444. The summed E-state index contributed by atoms with van der Waals surface area (Å²) in [5, 5.41) is 3.54. The fourth-order valence-electron chi connectivity index (χ4n) is 2.31. The summed E-state index contributed by atoms with van der Waals surface area (Å²) >= 11 is 3.25. The maximum absolute atomic E-state index is 13.2. The third kappa shape index (κ3) is 4.69. The molecule has 3 heteroatoms. The van der Waals surface area contributed by atoms with Crippen LogP contribution in [0.15, 0.2) is 22.7 Å². The van der Waals surface area contributed by atoms with Crippen molar-refractivity contribution in [1.29, 1.82) is 0 Å². The van der Waals surface area contributed by atoms with Crippen LogP contribution in [0.5, 0.6) is 0 Å². The Bertz CT molecular complexity index is 368. The predicted octanol–water partition coefficient (Wildman–Crippen LogP) is 4.55. The summed E-state index contributed by atoms with van der Waals surface area (Å²) < 4.78 is 13.8. The fourth-order valence-corrected chi connectivity index (χ4v) is 2.74. The van der Waals surface area contributed by atoms with Crippen LogP contribution in [0.2, 0.25) is 0 Å². The Morgan fingerprint density at radius 1 is 1.33 bits per heavy atom. The molecule has 0 saturated heterocycles. The van der Waals surface area contributed by atoms with Gasteiger partial charge in [-0.05, 0) is 58.9 Å². The van der Waals surface area contributed by atoms with Crippen LogP contribution in [-0.2, 0) is 6.42 Å². The third-order valence-electron chi connectivity index (χ3n) is 3.34. The minimum Gasteiger partial charge on any atom is -0.314 e. The second-order valence-electron chi connectivity index (χ2n) is 4.88. The highest BCUT2D eigenvalue weighted by Crippen LogP contribution is 2.20. The first kappa shape index (κ1) is 15.6. The average molecular weight is 316 g/mol. The van der Waals surface area contributed by atoms with Crippen LogP contribution in [0.3, 0.4) is 0 Å². The lowest BCUT2D eigenvalue weighted by molar-refractivity contribution is 0.357. The summed E-state index contributed by atoms with van der Waals surface area (Å²) in [6.07, 6.45) is 3.38. The van der Waals surface area contributed by atoms with Crippen molar-refractivity contribution < 1.29 is 4.39 Å². The van der Waals surface area contributed by atoms with Crippen LogP contribution in [0, 0.1) is 11.7 Å². The Morgan fingerprint density at radius 2 is 2.06 bits per heavy atom. The second kappa shape index (κ2) is 7.90. The molecule has 2 atom stereocenters. The molecule has 0 saturated carbocycles. The van der Waals surface area contributed by atoms with Crippen molar-refractivity contribution in [2.45, 2.75) is 46.1 Å². The first-order chi connectivity index (χ1) is 8.58. The zero-order valence-electron chi connectivity index (χ0n) is 11.5. The maximum atomic E-state index is 13.2.